The summed E-state index contributed by atoms with van der Waals surface area (Å²) in [5, 5.41) is 1.66. The summed E-state index contributed by atoms with van der Waals surface area (Å²) in [7, 11) is 0. The zero-order valence-electron chi connectivity index (χ0n) is 16.0. The van der Waals surface area contributed by atoms with E-state index in [0.29, 0.717) is 10.7 Å². The number of anilines is 1. The van der Waals surface area contributed by atoms with Crippen LogP contribution in [0.5, 0.6) is 0 Å². The second-order valence-corrected chi connectivity index (χ2v) is 8.88. The third-order valence-corrected chi connectivity index (χ3v) is 6.85. The van der Waals surface area contributed by atoms with Gasteiger partial charge in [0, 0.05) is 35.5 Å². The normalized spacial score (nSPS) is 10.9. The molecule has 5 nitrogen and oxygen atoms in total. The van der Waals surface area contributed by atoms with Crippen molar-refractivity contribution < 1.29 is 0 Å². The van der Waals surface area contributed by atoms with Crippen molar-refractivity contribution in [2.75, 3.05) is 10.5 Å². The van der Waals surface area contributed by atoms with E-state index >= 15 is 0 Å². The lowest BCUT2D eigenvalue weighted by molar-refractivity contribution is 1.11. The maximum atomic E-state index is 6.79. The first-order chi connectivity index (χ1) is 14.7. The Morgan fingerprint density at radius 1 is 1.03 bits per heavy atom. The number of nitrogens with one attached hydrogen (secondary N) is 1. The first kappa shape index (κ1) is 21.1. The van der Waals surface area contributed by atoms with Crippen molar-refractivity contribution in [3.05, 3.63) is 65.3 Å². The molecule has 0 saturated heterocycles. The van der Waals surface area contributed by atoms with Crippen molar-refractivity contribution in [1.82, 2.24) is 19.9 Å². The minimum absolute atomic E-state index is 0.190. The predicted octanol–water partition coefficient (Wildman–Crippen LogP) is 7.11. The molecule has 4 rings (SSSR count). The van der Waals surface area contributed by atoms with Crippen molar-refractivity contribution >= 4 is 52.2 Å². The third kappa shape index (κ3) is 4.59. The van der Waals surface area contributed by atoms with Crippen LogP contribution in [-0.4, -0.2) is 25.7 Å². The van der Waals surface area contributed by atoms with E-state index in [1.807, 2.05) is 36.4 Å². The summed E-state index contributed by atoms with van der Waals surface area (Å²) in [6, 6.07) is 11.6. The Labute approximate surface area is 193 Å². The van der Waals surface area contributed by atoms with Gasteiger partial charge < -0.3 is 4.72 Å². The van der Waals surface area contributed by atoms with Crippen LogP contribution in [0.3, 0.4) is 0 Å². The van der Waals surface area contributed by atoms with Crippen molar-refractivity contribution in [2.45, 2.75) is 13.3 Å². The van der Waals surface area contributed by atoms with Crippen LogP contribution in [0.15, 0.2) is 55.0 Å². The molecule has 9 heteroatoms. The monoisotopic (exact) mass is 473 g/mol. The van der Waals surface area contributed by atoms with Gasteiger partial charge in [-0.15, -0.1) is 11.3 Å². The fourth-order valence-corrected chi connectivity index (χ4v) is 4.93. The maximum Gasteiger partial charge on any atom is 0.222 e. The van der Waals surface area contributed by atoms with Crippen LogP contribution in [0.1, 0.15) is 13.3 Å². The van der Waals surface area contributed by atoms with Gasteiger partial charge >= 0.3 is 0 Å². The van der Waals surface area contributed by atoms with Gasteiger partial charge in [-0.25, -0.2) is 15.0 Å². The number of rotatable bonds is 7. The van der Waals surface area contributed by atoms with Crippen molar-refractivity contribution in [3.8, 4) is 32.4 Å². The highest BCUT2D eigenvalue weighted by atomic mass is 35.5. The first-order valence-corrected chi connectivity index (χ1v) is 11.8. The molecule has 0 aliphatic carbocycles. The molecule has 0 radical (unpaired) electrons. The Balaban J connectivity index is 1.85. The molecule has 0 bridgehead atoms. The molecule has 1 N–H and O–H groups in total. The number of benzene rings is 1. The number of nitrogens with zero attached hydrogens (tertiary/aromatic N) is 4. The summed E-state index contributed by atoms with van der Waals surface area (Å²) >= 11 is 16.0. The van der Waals surface area contributed by atoms with Gasteiger partial charge in [-0.05, 0) is 42.3 Å². The van der Waals surface area contributed by atoms with E-state index in [0.717, 1.165) is 44.6 Å². The Kier molecular flexibility index (Phi) is 6.84. The Hall–Kier alpha value is -2.19. The van der Waals surface area contributed by atoms with Crippen LogP contribution in [0.2, 0.25) is 10.3 Å². The summed E-state index contributed by atoms with van der Waals surface area (Å²) in [4.78, 5) is 18.3. The van der Waals surface area contributed by atoms with Crippen LogP contribution >= 0.6 is 46.5 Å². The lowest BCUT2D eigenvalue weighted by Crippen LogP contribution is -1.93. The molecule has 3 heterocycles. The standard InChI is InChI=1S/C21H17Cl2N5S2/c1-2-12-29-28-15-5-3-4-14(17(15)22)18-19(16-8-11-25-21(23)26-16)30-20(27-18)13-6-9-24-10-7-13/h3-11,28H,2,12H2,1H3. The van der Waals surface area contributed by atoms with E-state index in [4.69, 9.17) is 28.2 Å². The van der Waals surface area contributed by atoms with Gasteiger partial charge in [-0.3, -0.25) is 4.98 Å². The number of thiazole rings is 1. The molecule has 0 unspecified atom stereocenters. The Bertz CT molecular complexity index is 1150. The van der Waals surface area contributed by atoms with Crippen LogP contribution in [-0.2, 0) is 0 Å². The molecule has 0 aliphatic heterocycles. The van der Waals surface area contributed by atoms with E-state index in [9.17, 15) is 0 Å². The zero-order chi connectivity index (χ0) is 20.9. The molecule has 0 amide bonds. The quantitative estimate of drug-likeness (QED) is 0.175. The largest absolute Gasteiger partial charge is 0.328 e. The smallest absolute Gasteiger partial charge is 0.222 e. The number of pyridine rings is 1. The highest BCUT2D eigenvalue weighted by molar-refractivity contribution is 8.00. The molecular weight excluding hydrogens is 457 g/mol. The number of hydrogen-bond acceptors (Lipinski definition) is 7. The van der Waals surface area contributed by atoms with Crippen LogP contribution < -0.4 is 4.72 Å². The van der Waals surface area contributed by atoms with Crippen molar-refractivity contribution in [2.24, 2.45) is 0 Å². The van der Waals surface area contributed by atoms with Gasteiger partial charge in [-0.2, -0.15) is 0 Å². The lowest BCUT2D eigenvalue weighted by Gasteiger charge is -2.11. The summed E-state index contributed by atoms with van der Waals surface area (Å²) in [6.07, 6.45) is 6.22. The molecule has 0 spiro atoms. The zero-order valence-corrected chi connectivity index (χ0v) is 19.1. The summed E-state index contributed by atoms with van der Waals surface area (Å²) in [5.74, 6) is 0.994. The molecule has 3 aromatic heterocycles. The van der Waals surface area contributed by atoms with E-state index in [-0.39, 0.29) is 5.28 Å². The van der Waals surface area contributed by atoms with E-state index < -0.39 is 0 Å². The van der Waals surface area contributed by atoms with Crippen LogP contribution in [0.25, 0.3) is 32.4 Å². The van der Waals surface area contributed by atoms with Gasteiger partial charge in [0.2, 0.25) is 5.28 Å². The predicted molar refractivity (Wildman–Crippen MR) is 128 cm³/mol. The SMILES string of the molecule is CCCSNc1cccc(-c2nc(-c3ccncc3)sc2-c2ccnc(Cl)n2)c1Cl. The highest BCUT2D eigenvalue weighted by Crippen LogP contribution is 2.43. The molecule has 0 saturated carbocycles. The maximum absolute atomic E-state index is 6.79. The molecule has 0 fully saturated rings. The first-order valence-electron chi connectivity index (χ1n) is 9.24. The number of aromatic nitrogens is 4. The topological polar surface area (TPSA) is 63.6 Å². The summed E-state index contributed by atoms with van der Waals surface area (Å²) in [5.41, 5.74) is 4.14. The molecule has 1 aromatic carbocycles. The van der Waals surface area contributed by atoms with Gasteiger partial charge in [0.25, 0.3) is 0 Å². The molecule has 30 heavy (non-hydrogen) atoms. The van der Waals surface area contributed by atoms with E-state index in [1.165, 1.54) is 11.3 Å². The summed E-state index contributed by atoms with van der Waals surface area (Å²) in [6.45, 7) is 2.14. The highest BCUT2D eigenvalue weighted by Gasteiger charge is 2.20. The lowest BCUT2D eigenvalue weighted by atomic mass is 10.1. The van der Waals surface area contributed by atoms with Gasteiger partial charge in [-0.1, -0.05) is 42.6 Å². The number of halogens is 2. The van der Waals surface area contributed by atoms with Gasteiger partial charge in [0.15, 0.2) is 0 Å². The van der Waals surface area contributed by atoms with Crippen LogP contribution in [0.4, 0.5) is 5.69 Å². The Morgan fingerprint density at radius 3 is 2.63 bits per heavy atom. The third-order valence-electron chi connectivity index (χ3n) is 4.16. The molecule has 0 aliphatic rings. The summed E-state index contributed by atoms with van der Waals surface area (Å²) < 4.78 is 3.34. The van der Waals surface area contributed by atoms with Crippen LogP contribution in [0, 0.1) is 0 Å². The second kappa shape index (κ2) is 9.75. The fourth-order valence-electron chi connectivity index (χ4n) is 2.78. The molecule has 0 atom stereocenters. The van der Waals surface area contributed by atoms with Crippen molar-refractivity contribution in [3.63, 3.8) is 0 Å². The van der Waals surface area contributed by atoms with E-state index in [2.05, 4.69) is 26.6 Å². The van der Waals surface area contributed by atoms with E-state index in [1.54, 1.807) is 30.5 Å². The minimum Gasteiger partial charge on any atom is -0.328 e. The van der Waals surface area contributed by atoms with Gasteiger partial charge in [0.1, 0.15) is 5.01 Å². The Morgan fingerprint density at radius 2 is 1.87 bits per heavy atom. The van der Waals surface area contributed by atoms with Crippen molar-refractivity contribution in [1.29, 1.82) is 0 Å². The number of hydrogen-bond donors (Lipinski definition) is 1. The molecule has 152 valence electrons. The average Bonchev–Trinajstić information content (AvgIpc) is 3.21. The fraction of sp³-hybridized carbons (Fsp3) is 0.143. The second-order valence-electron chi connectivity index (χ2n) is 6.26. The molecular formula is C21H17Cl2N5S2. The minimum atomic E-state index is 0.190. The average molecular weight is 474 g/mol. The molecule has 4 aromatic rings. The van der Waals surface area contributed by atoms with Gasteiger partial charge in [0.05, 0.1) is 27.0 Å².